The summed E-state index contributed by atoms with van der Waals surface area (Å²) in [4.78, 5) is 10.9. The van der Waals surface area contributed by atoms with Crippen LogP contribution < -0.4 is 5.63 Å². The van der Waals surface area contributed by atoms with Gasteiger partial charge in [-0.2, -0.15) is 13.2 Å². The van der Waals surface area contributed by atoms with Crippen LogP contribution in [0.25, 0.3) is 11.1 Å². The number of H-pyrrole nitrogens is 1. The van der Waals surface area contributed by atoms with Crippen molar-refractivity contribution in [2.75, 3.05) is 0 Å². The third kappa shape index (κ3) is 1.49. The fraction of sp³-hybridized carbons (Fsp3) is 0.250. The first-order valence-corrected chi connectivity index (χ1v) is 3.95. The molecule has 0 unspecified atom stereocenters. The van der Waals surface area contributed by atoms with Crippen LogP contribution in [0.2, 0.25) is 0 Å². The molecular formula is C8H5F3N2O2. The average Bonchev–Trinajstić information content (AvgIpc) is 2.45. The third-order valence-electron chi connectivity index (χ3n) is 1.94. The normalized spacial score (nSPS) is 12.3. The van der Waals surface area contributed by atoms with Crippen molar-refractivity contribution in [3.8, 4) is 0 Å². The van der Waals surface area contributed by atoms with Crippen molar-refractivity contribution >= 4 is 11.1 Å². The Morgan fingerprint density at radius 1 is 1.47 bits per heavy atom. The number of fused-ring (bicyclic) bond motifs is 1. The molecule has 0 aliphatic heterocycles. The van der Waals surface area contributed by atoms with Crippen LogP contribution in [-0.4, -0.2) is 10.2 Å². The topological polar surface area (TPSA) is 58.9 Å². The highest BCUT2D eigenvalue weighted by atomic mass is 19.4. The van der Waals surface area contributed by atoms with Gasteiger partial charge in [0.05, 0.1) is 5.39 Å². The van der Waals surface area contributed by atoms with E-state index in [0.717, 1.165) is 6.07 Å². The molecule has 0 amide bonds. The van der Waals surface area contributed by atoms with Crippen molar-refractivity contribution in [2.24, 2.45) is 0 Å². The van der Waals surface area contributed by atoms with Crippen LogP contribution in [0, 0.1) is 6.92 Å². The zero-order chi connectivity index (χ0) is 11.2. The molecule has 80 valence electrons. The molecule has 2 rings (SSSR count). The minimum atomic E-state index is -4.54. The number of alkyl halides is 3. The lowest BCUT2D eigenvalue weighted by Crippen LogP contribution is -2.07. The van der Waals surface area contributed by atoms with Crippen LogP contribution >= 0.6 is 0 Å². The summed E-state index contributed by atoms with van der Waals surface area (Å²) in [7, 11) is 0. The van der Waals surface area contributed by atoms with Crippen LogP contribution in [0.15, 0.2) is 15.3 Å². The number of hydrogen-bond donors (Lipinski definition) is 1. The number of nitrogens with one attached hydrogen (secondary N) is 1. The highest BCUT2D eigenvalue weighted by Crippen LogP contribution is 2.33. The highest BCUT2D eigenvalue weighted by Gasteiger charge is 2.36. The summed E-state index contributed by atoms with van der Waals surface area (Å²) in [6.07, 6.45) is -4.54. The summed E-state index contributed by atoms with van der Waals surface area (Å²) < 4.78 is 41.8. The molecule has 0 saturated heterocycles. The molecule has 7 heteroatoms. The summed E-state index contributed by atoms with van der Waals surface area (Å²) >= 11 is 0. The fourth-order valence-electron chi connectivity index (χ4n) is 1.34. The zero-order valence-corrected chi connectivity index (χ0v) is 7.47. The van der Waals surface area contributed by atoms with Crippen LogP contribution in [0.4, 0.5) is 13.2 Å². The van der Waals surface area contributed by atoms with Crippen molar-refractivity contribution < 1.29 is 17.6 Å². The number of aryl methyl sites for hydroxylation is 1. The van der Waals surface area contributed by atoms with E-state index >= 15 is 0 Å². The SMILES string of the molecule is Cc1cc(=O)oc2n[nH]c(C(F)(F)F)c12. The second-order valence-corrected chi connectivity index (χ2v) is 3.02. The van der Waals surface area contributed by atoms with E-state index in [1.54, 1.807) is 0 Å². The van der Waals surface area contributed by atoms with E-state index in [1.165, 1.54) is 6.92 Å². The van der Waals surface area contributed by atoms with Crippen molar-refractivity contribution in [1.29, 1.82) is 0 Å². The minimum absolute atomic E-state index is 0.183. The van der Waals surface area contributed by atoms with Gasteiger partial charge in [-0.3, -0.25) is 5.10 Å². The molecule has 0 atom stereocenters. The van der Waals surface area contributed by atoms with E-state index in [2.05, 4.69) is 9.52 Å². The number of aromatic nitrogens is 2. The zero-order valence-electron chi connectivity index (χ0n) is 7.47. The maximum atomic E-state index is 12.4. The average molecular weight is 218 g/mol. The molecule has 2 aromatic rings. The monoisotopic (exact) mass is 218 g/mol. The first-order chi connectivity index (χ1) is 6.89. The van der Waals surface area contributed by atoms with Crippen molar-refractivity contribution in [3.63, 3.8) is 0 Å². The number of rotatable bonds is 0. The summed E-state index contributed by atoms with van der Waals surface area (Å²) in [5, 5.41) is 4.90. The minimum Gasteiger partial charge on any atom is -0.402 e. The lowest BCUT2D eigenvalue weighted by atomic mass is 10.2. The van der Waals surface area contributed by atoms with E-state index in [9.17, 15) is 18.0 Å². The first kappa shape index (κ1) is 9.75. The van der Waals surface area contributed by atoms with Gasteiger partial charge in [-0.1, -0.05) is 0 Å². The second kappa shape index (κ2) is 2.85. The van der Waals surface area contributed by atoms with Gasteiger partial charge in [0.1, 0.15) is 0 Å². The molecule has 0 saturated carbocycles. The van der Waals surface area contributed by atoms with E-state index in [1.807, 2.05) is 5.10 Å². The molecule has 0 aliphatic rings. The Kier molecular flexibility index (Phi) is 1.85. The molecular weight excluding hydrogens is 213 g/mol. The third-order valence-corrected chi connectivity index (χ3v) is 1.94. The number of halogens is 3. The molecule has 0 aliphatic carbocycles. The van der Waals surface area contributed by atoms with Gasteiger partial charge < -0.3 is 4.42 Å². The van der Waals surface area contributed by atoms with Crippen LogP contribution in [0.5, 0.6) is 0 Å². The van der Waals surface area contributed by atoms with Gasteiger partial charge in [0.2, 0.25) is 5.71 Å². The Morgan fingerprint density at radius 2 is 2.13 bits per heavy atom. The van der Waals surface area contributed by atoms with Gasteiger partial charge >= 0.3 is 11.8 Å². The van der Waals surface area contributed by atoms with Gasteiger partial charge in [-0.05, 0) is 12.5 Å². The van der Waals surface area contributed by atoms with E-state index in [4.69, 9.17) is 0 Å². The van der Waals surface area contributed by atoms with Crippen LogP contribution in [0.3, 0.4) is 0 Å². The van der Waals surface area contributed by atoms with Gasteiger partial charge in [-0.25, -0.2) is 4.79 Å². The molecule has 15 heavy (non-hydrogen) atoms. The summed E-state index contributed by atoms with van der Waals surface area (Å²) in [6, 6.07) is 0.993. The lowest BCUT2D eigenvalue weighted by molar-refractivity contribution is -0.139. The maximum absolute atomic E-state index is 12.4. The van der Waals surface area contributed by atoms with E-state index in [-0.39, 0.29) is 16.7 Å². The van der Waals surface area contributed by atoms with Gasteiger partial charge in [0, 0.05) is 6.07 Å². The van der Waals surface area contributed by atoms with E-state index in [0.29, 0.717) is 0 Å². The molecule has 0 fully saturated rings. The largest absolute Gasteiger partial charge is 0.433 e. The van der Waals surface area contributed by atoms with Gasteiger partial charge in [-0.15, -0.1) is 5.10 Å². The van der Waals surface area contributed by atoms with Crippen LogP contribution in [-0.2, 0) is 6.18 Å². The highest BCUT2D eigenvalue weighted by molar-refractivity contribution is 5.80. The second-order valence-electron chi connectivity index (χ2n) is 3.02. The van der Waals surface area contributed by atoms with Gasteiger partial charge in [0.15, 0.2) is 5.69 Å². The molecule has 0 radical (unpaired) electrons. The summed E-state index contributed by atoms with van der Waals surface area (Å²) in [6.45, 7) is 1.39. The Bertz CT molecular complexity index is 567. The molecule has 1 N–H and O–H groups in total. The number of nitrogens with zero attached hydrogens (tertiary/aromatic N) is 1. The molecule has 0 spiro atoms. The Balaban J connectivity index is 2.86. The Morgan fingerprint density at radius 3 is 2.73 bits per heavy atom. The smallest absolute Gasteiger partial charge is 0.402 e. The van der Waals surface area contributed by atoms with Crippen molar-refractivity contribution in [1.82, 2.24) is 10.2 Å². The Labute approximate surface area is 80.7 Å². The van der Waals surface area contributed by atoms with Gasteiger partial charge in [0.25, 0.3) is 0 Å². The lowest BCUT2D eigenvalue weighted by Gasteiger charge is -2.03. The van der Waals surface area contributed by atoms with E-state index < -0.39 is 17.5 Å². The molecule has 4 nitrogen and oxygen atoms in total. The first-order valence-electron chi connectivity index (χ1n) is 3.95. The predicted octanol–water partition coefficient (Wildman–Crippen LogP) is 1.84. The quantitative estimate of drug-likeness (QED) is 0.733. The number of hydrogen-bond acceptors (Lipinski definition) is 3. The number of aromatic amines is 1. The molecule has 2 aromatic heterocycles. The predicted molar refractivity (Wildman–Crippen MR) is 44.4 cm³/mol. The molecule has 0 aromatic carbocycles. The maximum Gasteiger partial charge on any atom is 0.433 e. The van der Waals surface area contributed by atoms with Crippen LogP contribution in [0.1, 0.15) is 11.3 Å². The van der Waals surface area contributed by atoms with Crippen molar-refractivity contribution in [3.05, 3.63) is 27.7 Å². The summed E-state index contributed by atoms with van der Waals surface area (Å²) in [5.74, 6) is 0. The standard InChI is InChI=1S/C8H5F3N2O2/c1-3-2-4(14)15-7-5(3)6(12-13-7)8(9,10)11/h2H,1H3,(H,12,13). The Hall–Kier alpha value is -1.79. The fourth-order valence-corrected chi connectivity index (χ4v) is 1.34. The molecule has 0 bridgehead atoms. The molecule has 2 heterocycles. The van der Waals surface area contributed by atoms with Crippen molar-refractivity contribution in [2.45, 2.75) is 13.1 Å². The summed E-state index contributed by atoms with van der Waals surface area (Å²) in [5.41, 5.74) is -1.87.